The van der Waals surface area contributed by atoms with Gasteiger partial charge in [-0.1, -0.05) is 19.4 Å². The number of thiazole rings is 1. The standard InChI is InChI=1S/C23H25N5O5S/c1-5-6-10-17-25-21(29)19(22-27-26-18(33-22)11-14-12-34-13(2)24-14)23(30)28(17)20-15(31-3)8-7-9-16(20)32-4/h7-9,12,30H,5-6,10-11H2,1-4H3. The van der Waals surface area contributed by atoms with E-state index < -0.39 is 5.56 Å². The Morgan fingerprint density at radius 1 is 1.15 bits per heavy atom. The smallest absolute Gasteiger partial charge is 0.289 e. The Morgan fingerprint density at radius 2 is 1.88 bits per heavy atom. The third-order valence-corrected chi connectivity index (χ3v) is 6.02. The molecule has 0 aliphatic heterocycles. The van der Waals surface area contributed by atoms with Crippen LogP contribution < -0.4 is 15.0 Å². The second-order valence-electron chi connectivity index (χ2n) is 7.52. The summed E-state index contributed by atoms with van der Waals surface area (Å²) in [5.41, 5.74) is 0.350. The summed E-state index contributed by atoms with van der Waals surface area (Å²) in [4.78, 5) is 21.7. The lowest BCUT2D eigenvalue weighted by atomic mass is 10.2. The average Bonchev–Trinajstić information content (AvgIpc) is 3.46. The van der Waals surface area contributed by atoms with E-state index in [0.29, 0.717) is 35.9 Å². The fraction of sp³-hybridized carbons (Fsp3) is 0.348. The minimum atomic E-state index is -0.659. The topological polar surface area (TPSA) is 125 Å². The molecule has 4 rings (SSSR count). The van der Waals surface area contributed by atoms with Crippen LogP contribution in [0.3, 0.4) is 0 Å². The summed E-state index contributed by atoms with van der Waals surface area (Å²) in [6.07, 6.45) is 2.42. The Labute approximate surface area is 199 Å². The number of benzene rings is 1. The highest BCUT2D eigenvalue weighted by molar-refractivity contribution is 7.09. The first-order valence-electron chi connectivity index (χ1n) is 10.8. The number of rotatable bonds is 9. The first-order chi connectivity index (χ1) is 16.5. The molecule has 0 unspecified atom stereocenters. The van der Waals surface area contributed by atoms with E-state index >= 15 is 0 Å². The van der Waals surface area contributed by atoms with E-state index in [-0.39, 0.29) is 23.2 Å². The van der Waals surface area contributed by atoms with Crippen LogP contribution in [-0.4, -0.2) is 44.1 Å². The summed E-state index contributed by atoms with van der Waals surface area (Å²) in [7, 11) is 3.03. The molecule has 0 bridgehead atoms. The van der Waals surface area contributed by atoms with E-state index in [9.17, 15) is 9.90 Å². The van der Waals surface area contributed by atoms with E-state index in [1.54, 1.807) is 18.2 Å². The maximum Gasteiger partial charge on any atom is 0.289 e. The lowest BCUT2D eigenvalue weighted by molar-refractivity contribution is 0.379. The van der Waals surface area contributed by atoms with Crippen LogP contribution >= 0.6 is 11.3 Å². The number of methoxy groups -OCH3 is 2. The molecular weight excluding hydrogens is 458 g/mol. The van der Waals surface area contributed by atoms with Crippen molar-refractivity contribution < 1.29 is 19.0 Å². The van der Waals surface area contributed by atoms with Gasteiger partial charge in [-0.2, -0.15) is 4.98 Å². The molecule has 3 aromatic heterocycles. The van der Waals surface area contributed by atoms with E-state index in [0.717, 1.165) is 23.5 Å². The molecule has 4 aromatic rings. The first-order valence-corrected chi connectivity index (χ1v) is 11.6. The summed E-state index contributed by atoms with van der Waals surface area (Å²) >= 11 is 1.52. The number of aromatic nitrogens is 5. The van der Waals surface area contributed by atoms with Gasteiger partial charge in [-0.25, -0.2) is 4.98 Å². The summed E-state index contributed by atoms with van der Waals surface area (Å²) in [6, 6.07) is 5.24. The molecule has 0 aliphatic rings. The molecule has 3 heterocycles. The van der Waals surface area contributed by atoms with Crippen molar-refractivity contribution in [3.8, 4) is 34.5 Å². The Balaban J connectivity index is 1.88. The highest BCUT2D eigenvalue weighted by atomic mass is 32.1. The van der Waals surface area contributed by atoms with Gasteiger partial charge in [-0.3, -0.25) is 9.36 Å². The number of aromatic hydroxyl groups is 1. The fourth-order valence-corrected chi connectivity index (χ4v) is 4.21. The zero-order chi connectivity index (χ0) is 24.2. The molecule has 0 atom stereocenters. The summed E-state index contributed by atoms with van der Waals surface area (Å²) in [6.45, 7) is 3.94. The fourth-order valence-electron chi connectivity index (χ4n) is 3.60. The van der Waals surface area contributed by atoms with Crippen molar-refractivity contribution in [2.24, 2.45) is 0 Å². The minimum Gasteiger partial charge on any atom is -0.494 e. The van der Waals surface area contributed by atoms with E-state index in [4.69, 9.17) is 13.9 Å². The Kier molecular flexibility index (Phi) is 6.92. The van der Waals surface area contributed by atoms with Crippen molar-refractivity contribution in [3.63, 3.8) is 0 Å². The first kappa shape index (κ1) is 23.4. The Morgan fingerprint density at radius 3 is 2.50 bits per heavy atom. The van der Waals surface area contributed by atoms with Crippen LogP contribution in [0.25, 0.3) is 17.1 Å². The molecule has 11 heteroatoms. The predicted octanol–water partition coefficient (Wildman–Crippen LogP) is 3.70. The third kappa shape index (κ3) is 4.51. The van der Waals surface area contributed by atoms with Gasteiger partial charge in [0.05, 0.1) is 31.3 Å². The molecule has 1 N–H and O–H groups in total. The lowest BCUT2D eigenvalue weighted by Crippen LogP contribution is -2.20. The van der Waals surface area contributed by atoms with Crippen LogP contribution in [0.5, 0.6) is 17.4 Å². The van der Waals surface area contributed by atoms with Gasteiger partial charge in [0.15, 0.2) is 5.56 Å². The largest absolute Gasteiger partial charge is 0.494 e. The SMILES string of the molecule is CCCCc1nc(=O)c(-c2nnc(Cc3csc(C)n3)o2)c(O)n1-c1c(OC)cccc1OC. The van der Waals surface area contributed by atoms with Gasteiger partial charge in [-0.05, 0) is 25.5 Å². The van der Waals surface area contributed by atoms with Gasteiger partial charge in [0.1, 0.15) is 23.0 Å². The number of nitrogens with zero attached hydrogens (tertiary/aromatic N) is 5. The number of para-hydroxylation sites is 1. The monoisotopic (exact) mass is 483 g/mol. The van der Waals surface area contributed by atoms with Crippen molar-refractivity contribution in [3.05, 3.63) is 56.3 Å². The maximum atomic E-state index is 13.0. The average molecular weight is 484 g/mol. The van der Waals surface area contributed by atoms with E-state index in [2.05, 4.69) is 20.2 Å². The Bertz CT molecular complexity index is 1340. The van der Waals surface area contributed by atoms with Crippen molar-refractivity contribution in [2.75, 3.05) is 14.2 Å². The van der Waals surface area contributed by atoms with Gasteiger partial charge in [0.2, 0.25) is 11.8 Å². The van der Waals surface area contributed by atoms with E-state index in [1.165, 1.54) is 30.1 Å². The predicted molar refractivity (Wildman–Crippen MR) is 126 cm³/mol. The van der Waals surface area contributed by atoms with Crippen LogP contribution in [0.4, 0.5) is 0 Å². The van der Waals surface area contributed by atoms with Crippen molar-refractivity contribution in [2.45, 2.75) is 39.5 Å². The van der Waals surface area contributed by atoms with Crippen LogP contribution in [0.15, 0.2) is 32.8 Å². The minimum absolute atomic E-state index is 0.124. The van der Waals surface area contributed by atoms with Gasteiger partial charge >= 0.3 is 0 Å². The van der Waals surface area contributed by atoms with Gasteiger partial charge in [0, 0.05) is 11.8 Å². The number of hydrogen-bond acceptors (Lipinski definition) is 10. The van der Waals surface area contributed by atoms with Crippen molar-refractivity contribution in [1.82, 2.24) is 24.7 Å². The molecule has 0 radical (unpaired) electrons. The maximum absolute atomic E-state index is 13.0. The lowest BCUT2D eigenvalue weighted by Gasteiger charge is -2.20. The molecule has 0 amide bonds. The van der Waals surface area contributed by atoms with Gasteiger partial charge in [-0.15, -0.1) is 21.5 Å². The summed E-state index contributed by atoms with van der Waals surface area (Å²) < 4.78 is 18.3. The quantitative estimate of drug-likeness (QED) is 0.379. The molecule has 178 valence electrons. The van der Waals surface area contributed by atoms with Gasteiger partial charge < -0.3 is 19.0 Å². The molecule has 10 nitrogen and oxygen atoms in total. The highest BCUT2D eigenvalue weighted by Crippen LogP contribution is 2.38. The van der Waals surface area contributed by atoms with Gasteiger partial charge in [0.25, 0.3) is 11.4 Å². The third-order valence-electron chi connectivity index (χ3n) is 5.20. The van der Waals surface area contributed by atoms with Crippen LogP contribution in [0.2, 0.25) is 0 Å². The molecule has 0 aliphatic carbocycles. The second-order valence-corrected chi connectivity index (χ2v) is 8.58. The number of hydrogen-bond donors (Lipinski definition) is 1. The zero-order valence-electron chi connectivity index (χ0n) is 19.4. The van der Waals surface area contributed by atoms with Crippen molar-refractivity contribution in [1.29, 1.82) is 0 Å². The zero-order valence-corrected chi connectivity index (χ0v) is 20.2. The molecule has 0 fully saturated rings. The summed E-state index contributed by atoms with van der Waals surface area (Å²) in [5, 5.41) is 22.2. The molecule has 0 saturated carbocycles. The molecular formula is C23H25N5O5S. The van der Waals surface area contributed by atoms with Crippen LogP contribution in [-0.2, 0) is 12.8 Å². The number of unbranched alkanes of at least 4 members (excludes halogenated alkanes) is 1. The normalized spacial score (nSPS) is 11.1. The summed E-state index contributed by atoms with van der Waals surface area (Å²) in [5.74, 6) is 1.02. The molecule has 34 heavy (non-hydrogen) atoms. The molecule has 0 saturated heterocycles. The highest BCUT2D eigenvalue weighted by Gasteiger charge is 2.27. The second kappa shape index (κ2) is 10.0. The van der Waals surface area contributed by atoms with Crippen molar-refractivity contribution >= 4 is 11.3 Å². The number of aryl methyl sites for hydroxylation is 2. The van der Waals surface area contributed by atoms with Crippen LogP contribution in [0.1, 0.15) is 42.2 Å². The molecule has 1 aromatic carbocycles. The Hall–Kier alpha value is -3.73. The van der Waals surface area contributed by atoms with Crippen LogP contribution in [0, 0.1) is 6.92 Å². The van der Waals surface area contributed by atoms with E-state index in [1.807, 2.05) is 19.2 Å². The molecule has 0 spiro atoms. The number of ether oxygens (including phenoxy) is 2.